The highest BCUT2D eigenvalue weighted by Gasteiger charge is 2.45. The van der Waals surface area contributed by atoms with E-state index in [9.17, 15) is 4.79 Å². The Morgan fingerprint density at radius 2 is 2.12 bits per heavy atom. The minimum absolute atomic E-state index is 0.0413. The molecule has 0 saturated heterocycles. The zero-order valence-corrected chi connectivity index (χ0v) is 14.3. The fourth-order valence-corrected chi connectivity index (χ4v) is 3.21. The Kier molecular flexibility index (Phi) is 4.61. The number of allylic oxidation sites excluding steroid dienone is 1. The first-order chi connectivity index (χ1) is 11.4. The molecule has 1 heterocycles. The minimum Gasteiger partial charge on any atom is -0.349 e. The number of nitrogens with zero attached hydrogens (tertiary/aromatic N) is 1. The molecule has 0 bridgehead atoms. The molecule has 0 fully saturated rings. The third-order valence-electron chi connectivity index (χ3n) is 4.17. The van der Waals surface area contributed by atoms with Gasteiger partial charge in [-0.05, 0) is 36.1 Å². The number of rotatable bonds is 3. The minimum atomic E-state index is -2.13. The molecule has 0 aliphatic heterocycles. The Hall–Kier alpha value is -1.91. The average Bonchev–Trinajstić information content (AvgIpc) is 2.59. The topological polar surface area (TPSA) is 42.0 Å². The first-order valence-electron chi connectivity index (χ1n) is 7.47. The van der Waals surface area contributed by atoms with Crippen molar-refractivity contribution in [2.75, 3.05) is 0 Å². The molecule has 2 aromatic rings. The Morgan fingerprint density at radius 1 is 1.33 bits per heavy atom. The number of aromatic nitrogens is 1. The Labute approximate surface area is 149 Å². The number of halogens is 3. The van der Waals surface area contributed by atoms with Gasteiger partial charge in [0.1, 0.15) is 0 Å². The number of fused-ring (bicyclic) bond motifs is 1. The summed E-state index contributed by atoms with van der Waals surface area (Å²) in [6.07, 6.45) is 1.99. The van der Waals surface area contributed by atoms with Gasteiger partial charge in [0.15, 0.2) is 0 Å². The SMILES string of the molecule is C=C1CCC(F)(C(=O)NCc2cccc(Cl)c2Cl)c2cccnc21. The number of carbonyl (C=O) groups is 1. The van der Waals surface area contributed by atoms with Crippen molar-refractivity contribution < 1.29 is 9.18 Å². The maximum atomic E-state index is 15.5. The van der Waals surface area contributed by atoms with Crippen LogP contribution in [0.1, 0.15) is 29.7 Å². The number of nitrogens with one attached hydrogen (secondary N) is 1. The fraction of sp³-hybridized carbons (Fsp3) is 0.222. The van der Waals surface area contributed by atoms with Gasteiger partial charge in [-0.3, -0.25) is 9.78 Å². The van der Waals surface area contributed by atoms with Gasteiger partial charge in [0.2, 0.25) is 5.67 Å². The van der Waals surface area contributed by atoms with Crippen molar-refractivity contribution in [3.8, 4) is 0 Å². The van der Waals surface area contributed by atoms with E-state index >= 15 is 4.39 Å². The van der Waals surface area contributed by atoms with Crippen LogP contribution in [0.2, 0.25) is 10.0 Å². The van der Waals surface area contributed by atoms with E-state index < -0.39 is 11.6 Å². The number of pyridine rings is 1. The molecule has 1 aliphatic rings. The van der Waals surface area contributed by atoms with Crippen LogP contribution in [-0.4, -0.2) is 10.9 Å². The van der Waals surface area contributed by atoms with Crippen molar-refractivity contribution in [3.63, 3.8) is 0 Å². The van der Waals surface area contributed by atoms with Crippen molar-refractivity contribution >= 4 is 34.7 Å². The smallest absolute Gasteiger partial charge is 0.262 e. The maximum Gasteiger partial charge on any atom is 0.262 e. The third kappa shape index (κ3) is 2.92. The fourth-order valence-electron chi connectivity index (χ4n) is 2.82. The summed E-state index contributed by atoms with van der Waals surface area (Å²) in [6.45, 7) is 4.00. The van der Waals surface area contributed by atoms with Crippen molar-refractivity contribution in [2.45, 2.75) is 25.1 Å². The number of hydrogen-bond donors (Lipinski definition) is 1. The lowest BCUT2D eigenvalue weighted by atomic mass is 9.80. The second-order valence-corrected chi connectivity index (χ2v) is 6.49. The second-order valence-electron chi connectivity index (χ2n) is 5.70. The average molecular weight is 365 g/mol. The van der Waals surface area contributed by atoms with Crippen LogP contribution in [0.4, 0.5) is 4.39 Å². The number of hydrogen-bond acceptors (Lipinski definition) is 2. The summed E-state index contributed by atoms with van der Waals surface area (Å²) in [5.74, 6) is -0.708. The van der Waals surface area contributed by atoms with Crippen LogP contribution in [0.5, 0.6) is 0 Å². The highest BCUT2D eigenvalue weighted by molar-refractivity contribution is 6.42. The molecular formula is C18H15Cl2FN2O. The lowest BCUT2D eigenvalue weighted by Crippen LogP contribution is -2.43. The van der Waals surface area contributed by atoms with Gasteiger partial charge >= 0.3 is 0 Å². The van der Waals surface area contributed by atoms with Crippen molar-refractivity contribution in [3.05, 3.63) is 70.0 Å². The van der Waals surface area contributed by atoms with E-state index in [4.69, 9.17) is 23.2 Å². The van der Waals surface area contributed by atoms with Crippen molar-refractivity contribution in [2.24, 2.45) is 0 Å². The normalized spacial score (nSPS) is 19.7. The monoisotopic (exact) mass is 364 g/mol. The third-order valence-corrected chi connectivity index (χ3v) is 5.03. The van der Waals surface area contributed by atoms with E-state index in [0.29, 0.717) is 27.7 Å². The molecule has 1 aromatic carbocycles. The zero-order chi connectivity index (χ0) is 17.3. The summed E-state index contributed by atoms with van der Waals surface area (Å²) in [6, 6.07) is 8.31. The molecule has 1 amide bonds. The molecule has 1 atom stereocenters. The van der Waals surface area contributed by atoms with E-state index in [1.54, 1.807) is 36.5 Å². The number of alkyl halides is 1. The molecular weight excluding hydrogens is 350 g/mol. The van der Waals surface area contributed by atoms with Crippen LogP contribution >= 0.6 is 23.2 Å². The highest BCUT2D eigenvalue weighted by atomic mass is 35.5. The summed E-state index contributed by atoms with van der Waals surface area (Å²) in [4.78, 5) is 16.7. The quantitative estimate of drug-likeness (QED) is 0.859. The lowest BCUT2D eigenvalue weighted by Gasteiger charge is -2.31. The molecule has 24 heavy (non-hydrogen) atoms. The van der Waals surface area contributed by atoms with Crippen LogP contribution in [0.25, 0.3) is 5.57 Å². The largest absolute Gasteiger partial charge is 0.349 e. The van der Waals surface area contributed by atoms with E-state index in [0.717, 1.165) is 5.57 Å². The molecule has 0 radical (unpaired) electrons. The van der Waals surface area contributed by atoms with Crippen LogP contribution in [0.15, 0.2) is 43.1 Å². The van der Waals surface area contributed by atoms with E-state index in [1.165, 1.54) is 0 Å². The molecule has 1 aromatic heterocycles. The summed E-state index contributed by atoms with van der Waals surface area (Å²) in [5.41, 5.74) is -0.0361. The van der Waals surface area contributed by atoms with Gasteiger partial charge in [0.05, 0.1) is 15.7 Å². The molecule has 124 valence electrons. The van der Waals surface area contributed by atoms with Gasteiger partial charge < -0.3 is 5.32 Å². The van der Waals surface area contributed by atoms with Gasteiger partial charge in [0.25, 0.3) is 5.91 Å². The maximum absolute atomic E-state index is 15.5. The molecule has 1 N–H and O–H groups in total. The number of carbonyl (C=O) groups excluding carboxylic acids is 1. The summed E-state index contributed by atoms with van der Waals surface area (Å²) in [5, 5.41) is 3.36. The second kappa shape index (κ2) is 6.54. The summed E-state index contributed by atoms with van der Waals surface area (Å²) in [7, 11) is 0. The van der Waals surface area contributed by atoms with Crippen LogP contribution in [0, 0.1) is 0 Å². The van der Waals surface area contributed by atoms with Gasteiger partial charge in [-0.1, -0.05) is 48.0 Å². The number of benzene rings is 1. The van der Waals surface area contributed by atoms with Crippen molar-refractivity contribution in [1.82, 2.24) is 10.3 Å². The molecule has 0 spiro atoms. The molecule has 1 aliphatic carbocycles. The Bertz CT molecular complexity index is 824. The van der Waals surface area contributed by atoms with Crippen LogP contribution in [0.3, 0.4) is 0 Å². The Balaban J connectivity index is 1.84. The highest BCUT2D eigenvalue weighted by Crippen LogP contribution is 2.42. The summed E-state index contributed by atoms with van der Waals surface area (Å²) < 4.78 is 15.5. The van der Waals surface area contributed by atoms with Gasteiger partial charge in [0, 0.05) is 18.3 Å². The van der Waals surface area contributed by atoms with E-state index in [-0.39, 0.29) is 18.5 Å². The van der Waals surface area contributed by atoms with E-state index in [1.807, 2.05) is 0 Å². The summed E-state index contributed by atoms with van der Waals surface area (Å²) >= 11 is 12.1. The predicted octanol–water partition coefficient (Wildman–Crippen LogP) is 4.68. The molecule has 0 saturated carbocycles. The van der Waals surface area contributed by atoms with Crippen molar-refractivity contribution in [1.29, 1.82) is 0 Å². The molecule has 3 rings (SSSR count). The molecule has 3 nitrogen and oxygen atoms in total. The molecule has 1 unspecified atom stereocenters. The van der Waals surface area contributed by atoms with E-state index in [2.05, 4.69) is 16.9 Å². The van der Waals surface area contributed by atoms with Gasteiger partial charge in [-0.15, -0.1) is 0 Å². The Morgan fingerprint density at radius 3 is 2.92 bits per heavy atom. The van der Waals surface area contributed by atoms with Crippen LogP contribution in [-0.2, 0) is 17.0 Å². The standard InChI is InChI=1S/C18H15Cl2FN2O/c1-11-7-8-18(21,13-5-3-9-22-16(11)13)17(24)23-10-12-4-2-6-14(19)15(12)20/h2-6,9H,1,7-8,10H2,(H,23,24). The molecule has 6 heteroatoms. The van der Waals surface area contributed by atoms with Gasteiger partial charge in [-0.25, -0.2) is 4.39 Å². The zero-order valence-electron chi connectivity index (χ0n) is 12.8. The lowest BCUT2D eigenvalue weighted by molar-refractivity contribution is -0.134. The first kappa shape index (κ1) is 16.9. The van der Waals surface area contributed by atoms with Crippen LogP contribution < -0.4 is 5.32 Å². The van der Waals surface area contributed by atoms with Gasteiger partial charge in [-0.2, -0.15) is 0 Å². The predicted molar refractivity (Wildman–Crippen MR) is 93.6 cm³/mol. The first-order valence-corrected chi connectivity index (χ1v) is 8.23. The number of amides is 1.